The molecule has 1 amide bonds. The van der Waals surface area contributed by atoms with E-state index >= 15 is 0 Å². The van der Waals surface area contributed by atoms with E-state index in [0.717, 1.165) is 7.88 Å². The Morgan fingerprint density at radius 3 is 2.59 bits per heavy atom. The van der Waals surface area contributed by atoms with Crippen LogP contribution in [-0.4, -0.2) is 24.6 Å². The van der Waals surface area contributed by atoms with Crippen molar-refractivity contribution >= 4 is 85.4 Å². The lowest BCUT2D eigenvalue weighted by Gasteiger charge is -2.29. The van der Waals surface area contributed by atoms with Gasteiger partial charge in [0.25, 0.3) is 5.91 Å². The first-order chi connectivity index (χ1) is 16.3. The van der Waals surface area contributed by atoms with E-state index in [4.69, 9.17) is 23.2 Å². The third-order valence-corrected chi connectivity index (χ3v) is 6.97. The highest BCUT2D eigenvalue weighted by Gasteiger charge is 2.23. The molecule has 1 aromatic heterocycles. The van der Waals surface area contributed by atoms with E-state index in [1.54, 1.807) is 61.5 Å². The van der Waals surface area contributed by atoms with Crippen LogP contribution in [0.4, 0.5) is 11.4 Å². The molecular weight excluding hydrogens is 610 g/mol. The summed E-state index contributed by atoms with van der Waals surface area (Å²) in [7, 11) is 0. The summed E-state index contributed by atoms with van der Waals surface area (Å²) in [4.78, 5) is 21.9. The van der Waals surface area contributed by atoms with Crippen LogP contribution in [0.15, 0.2) is 67.0 Å². The van der Waals surface area contributed by atoms with Gasteiger partial charge < -0.3 is 9.87 Å². The summed E-state index contributed by atoms with van der Waals surface area (Å²) in [5, 5.41) is 3.79. The summed E-state index contributed by atoms with van der Waals surface area (Å²) in [5.41, 5.74) is 2.23. The van der Waals surface area contributed by atoms with Crippen LogP contribution in [-0.2, 0) is 11.3 Å². The number of hydrogen-bond donors (Lipinski definition) is 1. The highest BCUT2D eigenvalue weighted by atomic mass is 127. The molecule has 0 radical (unpaired) electrons. The number of nitrogens with zero attached hydrogens (tertiary/aromatic N) is 3. The molecule has 0 bridgehead atoms. The number of halogens is 3. The maximum Gasteiger partial charge on any atom is 0.253 e. The lowest BCUT2D eigenvalue weighted by molar-refractivity contribution is 0.0940. The first-order valence-corrected chi connectivity index (χ1v) is 12.8. The highest BCUT2D eigenvalue weighted by Crippen LogP contribution is 2.35. The number of para-hydroxylation sites is 1. The number of anilines is 2. The van der Waals surface area contributed by atoms with Crippen LogP contribution in [0.5, 0.6) is 0 Å². The number of carbonyl (C=O) groups excluding carboxylic acids is 1. The van der Waals surface area contributed by atoms with Crippen molar-refractivity contribution < 1.29 is 13.6 Å². The summed E-state index contributed by atoms with van der Waals surface area (Å²) in [5.74, 6) is -0.466. The van der Waals surface area contributed by atoms with Crippen molar-refractivity contribution in [2.45, 2.75) is 13.0 Å². The Kier molecular flexibility index (Phi) is 7.68. The fourth-order valence-electron chi connectivity index (χ4n) is 3.50. The van der Waals surface area contributed by atoms with Gasteiger partial charge in [0.2, 0.25) is 0 Å². The Hall–Kier alpha value is -2.31. The quantitative estimate of drug-likeness (QED) is 0.210. The van der Waals surface area contributed by atoms with Gasteiger partial charge in [0.1, 0.15) is 5.52 Å². The number of rotatable bonds is 6. The van der Waals surface area contributed by atoms with Gasteiger partial charge >= 0.3 is 0 Å². The van der Waals surface area contributed by atoms with Crippen LogP contribution in [0.3, 0.4) is 0 Å². The second-order valence-corrected chi connectivity index (χ2v) is 10.1. The van der Waals surface area contributed by atoms with Crippen molar-refractivity contribution in [3.8, 4) is 0 Å². The lowest BCUT2D eigenvalue weighted by Crippen LogP contribution is -2.30. The molecule has 0 fully saturated rings. The van der Waals surface area contributed by atoms with E-state index < -0.39 is 23.2 Å². The molecule has 1 heterocycles. The number of carbonyl (C=O) groups is 1. The number of benzene rings is 3. The smallest absolute Gasteiger partial charge is 0.253 e. The first-order valence-electron chi connectivity index (χ1n) is 9.91. The van der Waals surface area contributed by atoms with E-state index in [9.17, 15) is 13.6 Å². The minimum atomic E-state index is -2.75. The second kappa shape index (κ2) is 10.5. The van der Waals surface area contributed by atoms with Crippen LogP contribution in [0, 0.1) is 3.57 Å². The van der Waals surface area contributed by atoms with Gasteiger partial charge in [0.15, 0.2) is 0 Å². The highest BCUT2D eigenvalue weighted by molar-refractivity contribution is 14.1. The number of hydrogen-bond acceptors (Lipinski definition) is 5. The number of amides is 1. The molecule has 0 aliphatic carbocycles. The zero-order chi connectivity index (χ0) is 24.4. The minimum Gasteiger partial charge on any atom is -0.755 e. The van der Waals surface area contributed by atoms with E-state index in [0.29, 0.717) is 26.6 Å². The molecule has 1 N–H and O–H groups in total. The zero-order valence-corrected chi connectivity index (χ0v) is 22.0. The maximum atomic E-state index is 13.3. The van der Waals surface area contributed by atoms with Crippen molar-refractivity contribution in [1.29, 1.82) is 0 Å². The van der Waals surface area contributed by atoms with Gasteiger partial charge in [0, 0.05) is 26.0 Å². The third kappa shape index (κ3) is 5.18. The van der Waals surface area contributed by atoms with E-state index in [1.807, 2.05) is 0 Å². The Morgan fingerprint density at radius 1 is 1.09 bits per heavy atom. The molecule has 0 saturated carbocycles. The molecule has 3 aromatic carbocycles. The molecule has 4 aromatic rings. The topological polar surface area (TPSA) is 98.2 Å². The fourth-order valence-corrected chi connectivity index (χ4v) is 5.17. The zero-order valence-electron chi connectivity index (χ0n) is 17.5. The van der Waals surface area contributed by atoms with Crippen LogP contribution in [0.1, 0.15) is 28.9 Å². The van der Waals surface area contributed by atoms with Crippen molar-refractivity contribution in [3.05, 3.63) is 91.7 Å². The molecule has 7 nitrogen and oxygen atoms in total. The van der Waals surface area contributed by atoms with Crippen molar-refractivity contribution in [2.24, 2.45) is 0 Å². The third-order valence-electron chi connectivity index (χ3n) is 5.05. The average Bonchev–Trinajstić information content (AvgIpc) is 2.79. The molecular formula is C23H16Cl2IN4O3S-. The summed E-state index contributed by atoms with van der Waals surface area (Å²) in [6.07, 6.45) is 3.01. The Labute approximate surface area is 222 Å². The van der Waals surface area contributed by atoms with Gasteiger partial charge in [-0.2, -0.15) is 0 Å². The predicted octanol–water partition coefficient (Wildman–Crippen LogP) is 5.96. The van der Waals surface area contributed by atoms with Gasteiger partial charge in [-0.15, -0.1) is 0 Å². The summed E-state index contributed by atoms with van der Waals surface area (Å²) in [6, 6.07) is 14.5. The van der Waals surface area contributed by atoms with Crippen molar-refractivity contribution in [3.63, 3.8) is 0 Å². The first kappa shape index (κ1) is 24.8. The van der Waals surface area contributed by atoms with Crippen molar-refractivity contribution in [2.75, 3.05) is 4.31 Å². The monoisotopic (exact) mass is 625 g/mol. The molecule has 2 unspecified atom stereocenters. The van der Waals surface area contributed by atoms with Gasteiger partial charge in [0.05, 0.1) is 39.8 Å². The average molecular weight is 626 g/mol. The van der Waals surface area contributed by atoms with Gasteiger partial charge in [-0.25, -0.2) is 0 Å². The van der Waals surface area contributed by atoms with E-state index in [1.165, 1.54) is 12.4 Å². The number of fused-ring (bicyclic) bond motifs is 1. The van der Waals surface area contributed by atoms with Crippen LogP contribution >= 0.6 is 45.8 Å². The molecule has 0 aliphatic heterocycles. The maximum absolute atomic E-state index is 13.3. The molecule has 174 valence electrons. The Balaban J connectivity index is 1.77. The summed E-state index contributed by atoms with van der Waals surface area (Å²) in [6.45, 7) is 1.78. The number of nitrogens with one attached hydrogen (secondary N) is 1. The molecule has 0 saturated heterocycles. The Morgan fingerprint density at radius 2 is 1.85 bits per heavy atom. The van der Waals surface area contributed by atoms with Crippen LogP contribution < -0.4 is 9.62 Å². The second-order valence-electron chi connectivity index (χ2n) is 7.24. The van der Waals surface area contributed by atoms with E-state index in [-0.39, 0.29) is 16.9 Å². The normalized spacial score (nSPS) is 12.9. The number of aromatic nitrogens is 2. The van der Waals surface area contributed by atoms with Crippen LogP contribution in [0.2, 0.25) is 10.0 Å². The lowest BCUT2D eigenvalue weighted by atomic mass is 10.1. The van der Waals surface area contributed by atoms with Crippen molar-refractivity contribution in [1.82, 2.24) is 15.3 Å². The van der Waals surface area contributed by atoms with Gasteiger partial charge in [-0.05, 0) is 77.5 Å². The summed E-state index contributed by atoms with van der Waals surface area (Å²) >= 11 is 11.6. The SMILES string of the molecule is CC(NC(=O)c1ccc(I)cc1N(c1cccc2nccnc12)S(=O)[O-])c1ccc(Cl)cc1Cl. The molecule has 2 atom stereocenters. The van der Waals surface area contributed by atoms with Crippen LogP contribution in [0.25, 0.3) is 11.0 Å². The summed E-state index contributed by atoms with van der Waals surface area (Å²) < 4.78 is 26.7. The largest absolute Gasteiger partial charge is 0.755 e. The van der Waals surface area contributed by atoms with Gasteiger partial charge in [-0.3, -0.25) is 23.3 Å². The molecule has 0 spiro atoms. The fraction of sp³-hybridized carbons (Fsp3) is 0.0870. The van der Waals surface area contributed by atoms with E-state index in [2.05, 4.69) is 37.9 Å². The molecule has 11 heteroatoms. The van der Waals surface area contributed by atoms with Gasteiger partial charge in [-0.1, -0.05) is 35.3 Å². The Bertz CT molecular complexity index is 1420. The molecule has 34 heavy (non-hydrogen) atoms. The molecule has 0 aliphatic rings. The standard InChI is InChI=1S/C23H17Cl2IN4O3S/c1-13(16-7-5-14(24)11-18(16)25)29-23(31)17-8-6-15(26)12-21(17)30(34(32)33)20-4-2-3-19-22(20)28-10-9-27-19/h2-13H,1H3,(H,29,31)(H,32,33)/p-1. The predicted molar refractivity (Wildman–Crippen MR) is 142 cm³/mol. The minimum absolute atomic E-state index is 0.169. The molecule has 4 rings (SSSR count).